The number of phenols is 1. The van der Waals surface area contributed by atoms with E-state index >= 15 is 0 Å². The first-order chi connectivity index (χ1) is 15.6. The minimum atomic E-state index is -0.221. The number of likely N-dealkylation sites (tertiary alicyclic amines) is 1. The third kappa shape index (κ3) is 4.12. The van der Waals surface area contributed by atoms with Gasteiger partial charge in [-0.3, -0.25) is 4.90 Å². The first-order valence-electron chi connectivity index (χ1n) is 11.1. The Morgan fingerprint density at radius 1 is 1.25 bits per heavy atom. The predicted molar refractivity (Wildman–Crippen MR) is 124 cm³/mol. The number of ether oxygens (including phenoxy) is 2. The van der Waals surface area contributed by atoms with Gasteiger partial charge in [0.05, 0.1) is 16.8 Å². The number of phenolic OH excluding ortho intramolecular Hbond substituents is 1. The summed E-state index contributed by atoms with van der Waals surface area (Å²) in [6, 6.07) is 12.3. The van der Waals surface area contributed by atoms with Crippen LogP contribution in [0.1, 0.15) is 25.3 Å². The van der Waals surface area contributed by atoms with Crippen molar-refractivity contribution in [3.63, 3.8) is 0 Å². The summed E-state index contributed by atoms with van der Waals surface area (Å²) in [5, 5.41) is 11.6. The molecule has 2 aliphatic rings. The smallest absolute Gasteiger partial charge is 0.409 e. The molecule has 5 rings (SSSR count). The maximum Gasteiger partial charge on any atom is 0.409 e. The van der Waals surface area contributed by atoms with E-state index < -0.39 is 0 Å². The first kappa shape index (κ1) is 21.0. The lowest BCUT2D eigenvalue weighted by molar-refractivity contribution is 0.0704. The van der Waals surface area contributed by atoms with Gasteiger partial charge in [-0.2, -0.15) is 0 Å². The summed E-state index contributed by atoms with van der Waals surface area (Å²) in [6.07, 6.45) is 1.58. The van der Waals surface area contributed by atoms with E-state index in [2.05, 4.69) is 17.0 Å². The zero-order chi connectivity index (χ0) is 22.1. The molecule has 1 N–H and O–H groups in total. The van der Waals surface area contributed by atoms with Gasteiger partial charge in [0.15, 0.2) is 11.5 Å². The van der Waals surface area contributed by atoms with Gasteiger partial charge in [-0.1, -0.05) is 12.1 Å². The van der Waals surface area contributed by atoms with Crippen molar-refractivity contribution in [1.82, 2.24) is 14.8 Å². The van der Waals surface area contributed by atoms with Gasteiger partial charge >= 0.3 is 6.09 Å². The maximum atomic E-state index is 12.0. The van der Waals surface area contributed by atoms with Gasteiger partial charge in [0.1, 0.15) is 11.6 Å². The number of aromatic nitrogens is 1. The van der Waals surface area contributed by atoms with E-state index in [0.29, 0.717) is 44.6 Å². The van der Waals surface area contributed by atoms with Gasteiger partial charge in [-0.15, -0.1) is 11.3 Å². The first-order valence-corrected chi connectivity index (χ1v) is 11.9. The Hall–Kier alpha value is -2.84. The fourth-order valence-corrected chi connectivity index (χ4v) is 5.53. The van der Waals surface area contributed by atoms with Gasteiger partial charge in [0, 0.05) is 43.3 Å². The molecular formula is C24H27N3O4S. The molecule has 2 aromatic carbocycles. The molecule has 0 radical (unpaired) electrons. The molecule has 168 valence electrons. The van der Waals surface area contributed by atoms with Crippen molar-refractivity contribution in [2.45, 2.75) is 32.4 Å². The largest absolute Gasteiger partial charge is 0.504 e. The lowest BCUT2D eigenvalue weighted by Crippen LogP contribution is -2.47. The molecule has 1 fully saturated rings. The molecular weight excluding hydrogens is 426 g/mol. The Balaban J connectivity index is 1.36. The monoisotopic (exact) mass is 453 g/mol. The van der Waals surface area contributed by atoms with Crippen LogP contribution < -0.4 is 4.74 Å². The molecule has 8 heteroatoms. The molecule has 1 amide bonds. The van der Waals surface area contributed by atoms with Gasteiger partial charge in [0.25, 0.3) is 0 Å². The topological polar surface area (TPSA) is 75.1 Å². The molecule has 3 heterocycles. The van der Waals surface area contributed by atoms with E-state index in [0.717, 1.165) is 45.7 Å². The second kappa shape index (κ2) is 8.96. The summed E-state index contributed by atoms with van der Waals surface area (Å²) in [4.78, 5) is 21.0. The number of nitrogens with zero attached hydrogens (tertiary/aromatic N) is 3. The van der Waals surface area contributed by atoms with Crippen molar-refractivity contribution in [3.8, 4) is 22.1 Å². The molecule has 0 saturated carbocycles. The number of carbonyl (C=O) groups is 1. The number of rotatable bonds is 3. The number of amides is 1. The average molecular weight is 454 g/mol. The number of thiazole rings is 1. The van der Waals surface area contributed by atoms with E-state index in [-0.39, 0.29) is 11.8 Å². The van der Waals surface area contributed by atoms with Crippen LogP contribution in [0.2, 0.25) is 0 Å². The van der Waals surface area contributed by atoms with Crippen molar-refractivity contribution in [1.29, 1.82) is 0 Å². The number of para-hydroxylation sites is 1. The molecule has 0 atom stereocenters. The number of fused-ring (bicyclic) bond motifs is 2. The lowest BCUT2D eigenvalue weighted by atomic mass is 10.0. The molecule has 2 aliphatic heterocycles. The minimum Gasteiger partial charge on any atom is -0.504 e. The van der Waals surface area contributed by atoms with Crippen molar-refractivity contribution >= 4 is 27.6 Å². The Bertz CT molecular complexity index is 1090. The van der Waals surface area contributed by atoms with Gasteiger partial charge in [0.2, 0.25) is 0 Å². The molecule has 7 nitrogen and oxygen atoms in total. The van der Waals surface area contributed by atoms with Crippen LogP contribution in [0.5, 0.6) is 11.5 Å². The Morgan fingerprint density at radius 3 is 2.84 bits per heavy atom. The number of benzene rings is 2. The second-order valence-corrected chi connectivity index (χ2v) is 9.24. The average Bonchev–Trinajstić information content (AvgIpc) is 3.12. The van der Waals surface area contributed by atoms with E-state index in [1.54, 1.807) is 22.3 Å². The standard InChI is InChI=1S/C24H27N3O4S/c1-2-30-24(29)26-9-7-18(8-10-26)27-11-12-31-22-17(15-27)13-16(14-20(22)28)23-25-19-5-3-4-6-21(19)32-23/h3-6,13-14,18,28H,2,7-12,15H2,1H3. The van der Waals surface area contributed by atoms with Crippen LogP contribution in [0.3, 0.4) is 0 Å². The molecule has 1 aromatic heterocycles. The van der Waals surface area contributed by atoms with Crippen molar-refractivity contribution in [3.05, 3.63) is 42.0 Å². The van der Waals surface area contributed by atoms with Crippen LogP contribution in [0.4, 0.5) is 4.79 Å². The molecule has 1 saturated heterocycles. The van der Waals surface area contributed by atoms with Crippen LogP contribution in [-0.4, -0.2) is 64.9 Å². The zero-order valence-corrected chi connectivity index (χ0v) is 18.9. The molecule has 0 spiro atoms. The van der Waals surface area contributed by atoms with Crippen molar-refractivity contribution < 1.29 is 19.4 Å². The van der Waals surface area contributed by atoms with Gasteiger partial charge < -0.3 is 19.5 Å². The number of hydrogen-bond donors (Lipinski definition) is 1. The highest BCUT2D eigenvalue weighted by Crippen LogP contribution is 2.40. The van der Waals surface area contributed by atoms with Crippen LogP contribution in [0, 0.1) is 0 Å². The number of carbonyl (C=O) groups excluding carboxylic acids is 1. The van der Waals surface area contributed by atoms with Crippen LogP contribution in [0.25, 0.3) is 20.8 Å². The zero-order valence-electron chi connectivity index (χ0n) is 18.1. The molecule has 3 aromatic rings. The van der Waals surface area contributed by atoms with Crippen molar-refractivity contribution in [2.24, 2.45) is 0 Å². The molecule has 0 unspecified atom stereocenters. The van der Waals surface area contributed by atoms with Crippen LogP contribution in [0.15, 0.2) is 36.4 Å². The summed E-state index contributed by atoms with van der Waals surface area (Å²) in [5.74, 6) is 0.733. The highest BCUT2D eigenvalue weighted by atomic mass is 32.1. The Kier molecular flexibility index (Phi) is 5.89. The third-order valence-corrected chi connectivity index (χ3v) is 7.28. The van der Waals surface area contributed by atoms with Crippen molar-refractivity contribution in [2.75, 3.05) is 32.8 Å². The van der Waals surface area contributed by atoms with Gasteiger partial charge in [-0.05, 0) is 44.0 Å². The third-order valence-electron chi connectivity index (χ3n) is 6.19. The SMILES string of the molecule is CCOC(=O)N1CCC(N2CCOc3c(O)cc(-c4nc5ccccc5s4)cc3C2)CC1. The Morgan fingerprint density at radius 2 is 2.06 bits per heavy atom. The summed E-state index contributed by atoms with van der Waals surface area (Å²) >= 11 is 1.62. The molecule has 32 heavy (non-hydrogen) atoms. The van der Waals surface area contributed by atoms with E-state index in [1.165, 1.54) is 0 Å². The van der Waals surface area contributed by atoms with Crippen LogP contribution >= 0.6 is 11.3 Å². The number of hydrogen-bond acceptors (Lipinski definition) is 7. The Labute approximate surface area is 191 Å². The second-order valence-electron chi connectivity index (χ2n) is 8.21. The highest BCUT2D eigenvalue weighted by Gasteiger charge is 2.30. The summed E-state index contributed by atoms with van der Waals surface area (Å²) < 4.78 is 12.2. The summed E-state index contributed by atoms with van der Waals surface area (Å²) in [6.45, 7) is 5.64. The molecule has 0 aliphatic carbocycles. The fourth-order valence-electron chi connectivity index (χ4n) is 4.58. The lowest BCUT2D eigenvalue weighted by Gasteiger charge is -2.37. The minimum absolute atomic E-state index is 0.163. The number of piperidine rings is 1. The van der Waals surface area contributed by atoms with E-state index in [1.807, 2.05) is 25.1 Å². The van der Waals surface area contributed by atoms with Gasteiger partial charge in [-0.25, -0.2) is 9.78 Å². The normalized spacial score (nSPS) is 17.6. The summed E-state index contributed by atoms with van der Waals surface area (Å²) in [5.41, 5.74) is 2.85. The quantitative estimate of drug-likeness (QED) is 0.630. The summed E-state index contributed by atoms with van der Waals surface area (Å²) in [7, 11) is 0. The maximum absolute atomic E-state index is 12.0. The fraction of sp³-hybridized carbons (Fsp3) is 0.417. The van der Waals surface area contributed by atoms with E-state index in [9.17, 15) is 9.90 Å². The predicted octanol–water partition coefficient (Wildman–Crippen LogP) is 4.48. The highest BCUT2D eigenvalue weighted by molar-refractivity contribution is 7.21. The number of aromatic hydroxyl groups is 1. The van der Waals surface area contributed by atoms with Crippen LogP contribution in [-0.2, 0) is 11.3 Å². The van der Waals surface area contributed by atoms with E-state index in [4.69, 9.17) is 14.5 Å². The molecule has 0 bridgehead atoms.